The summed E-state index contributed by atoms with van der Waals surface area (Å²) in [4.78, 5) is 28.4. The third kappa shape index (κ3) is 4.32. The van der Waals surface area contributed by atoms with Crippen LogP contribution in [-0.4, -0.2) is 86.3 Å². The summed E-state index contributed by atoms with van der Waals surface area (Å²) in [5, 5.41) is 0.134. The first kappa shape index (κ1) is 21.0. The number of sulfonamides is 1. The van der Waals surface area contributed by atoms with Crippen LogP contribution < -0.4 is 0 Å². The van der Waals surface area contributed by atoms with Gasteiger partial charge < -0.3 is 14.5 Å². The van der Waals surface area contributed by atoms with E-state index in [1.165, 1.54) is 21.3 Å². The zero-order chi connectivity index (χ0) is 20.3. The van der Waals surface area contributed by atoms with Gasteiger partial charge in [-0.25, -0.2) is 8.42 Å². The quantitative estimate of drug-likeness (QED) is 0.706. The minimum atomic E-state index is -3.85. The number of hydrogen-bond acceptors (Lipinski definition) is 5. The van der Waals surface area contributed by atoms with Crippen molar-refractivity contribution < 1.29 is 22.7 Å². The van der Waals surface area contributed by atoms with Crippen molar-refractivity contribution in [3.63, 3.8) is 0 Å². The topological polar surface area (TPSA) is 87.2 Å². The molecule has 2 aliphatic rings. The zero-order valence-corrected chi connectivity index (χ0v) is 17.3. The van der Waals surface area contributed by atoms with E-state index in [9.17, 15) is 18.0 Å². The molecule has 28 heavy (non-hydrogen) atoms. The van der Waals surface area contributed by atoms with Gasteiger partial charge in [0.05, 0.1) is 18.2 Å². The van der Waals surface area contributed by atoms with Crippen molar-refractivity contribution in [2.75, 3.05) is 45.9 Å². The predicted octanol–water partition coefficient (Wildman–Crippen LogP) is 0.810. The standard InChI is InChI=1S/C18H24ClN3O5S/c1-2-20-8-5-9-21(13-17(20)23)18(24)15-12-22(10-11-27-15)28(25,26)16-7-4-3-6-14(16)19/h3-4,6-7,15H,2,5,8-13H2,1H3. The molecule has 154 valence electrons. The lowest BCUT2D eigenvalue weighted by molar-refractivity contribution is -0.150. The van der Waals surface area contributed by atoms with E-state index in [0.717, 1.165) is 0 Å². The van der Waals surface area contributed by atoms with Crippen molar-refractivity contribution in [2.24, 2.45) is 0 Å². The number of ether oxygens (including phenoxy) is 1. The monoisotopic (exact) mass is 429 g/mol. The Balaban J connectivity index is 1.73. The number of amides is 2. The molecule has 2 amide bonds. The van der Waals surface area contributed by atoms with Crippen LogP contribution in [0, 0.1) is 0 Å². The fraction of sp³-hybridized carbons (Fsp3) is 0.556. The molecule has 0 N–H and O–H groups in total. The molecule has 2 aliphatic heterocycles. The lowest BCUT2D eigenvalue weighted by Gasteiger charge is -2.34. The van der Waals surface area contributed by atoms with Crippen molar-refractivity contribution in [2.45, 2.75) is 24.3 Å². The number of nitrogens with zero attached hydrogens (tertiary/aromatic N) is 3. The molecule has 0 radical (unpaired) electrons. The van der Waals surface area contributed by atoms with E-state index in [2.05, 4.69) is 0 Å². The predicted molar refractivity (Wildman–Crippen MR) is 103 cm³/mol. The van der Waals surface area contributed by atoms with Gasteiger partial charge in [0.25, 0.3) is 5.91 Å². The third-order valence-electron chi connectivity index (χ3n) is 4.99. The highest BCUT2D eigenvalue weighted by molar-refractivity contribution is 7.89. The molecule has 1 aromatic carbocycles. The van der Waals surface area contributed by atoms with Crippen LogP contribution in [0.4, 0.5) is 0 Å². The van der Waals surface area contributed by atoms with Crippen LogP contribution in [0.15, 0.2) is 29.2 Å². The molecule has 1 unspecified atom stereocenters. The fourth-order valence-electron chi connectivity index (χ4n) is 3.43. The van der Waals surface area contributed by atoms with Gasteiger partial charge in [-0.1, -0.05) is 23.7 Å². The Morgan fingerprint density at radius 2 is 2.00 bits per heavy atom. The molecule has 0 bridgehead atoms. The summed E-state index contributed by atoms with van der Waals surface area (Å²) in [6.45, 7) is 3.68. The van der Waals surface area contributed by atoms with Gasteiger partial charge in [-0.15, -0.1) is 0 Å². The Kier molecular flexibility index (Phi) is 6.59. The summed E-state index contributed by atoms with van der Waals surface area (Å²) in [6.07, 6.45) is -0.258. The van der Waals surface area contributed by atoms with E-state index in [1.807, 2.05) is 6.92 Å². The zero-order valence-electron chi connectivity index (χ0n) is 15.7. The van der Waals surface area contributed by atoms with Crippen LogP contribution in [0.1, 0.15) is 13.3 Å². The maximum absolute atomic E-state index is 12.9. The van der Waals surface area contributed by atoms with Gasteiger partial charge in [0.1, 0.15) is 11.0 Å². The summed E-state index contributed by atoms with van der Waals surface area (Å²) in [7, 11) is -3.85. The summed E-state index contributed by atoms with van der Waals surface area (Å²) < 4.78 is 32.7. The van der Waals surface area contributed by atoms with Crippen molar-refractivity contribution in [1.29, 1.82) is 0 Å². The van der Waals surface area contributed by atoms with Gasteiger partial charge >= 0.3 is 0 Å². The Morgan fingerprint density at radius 1 is 1.25 bits per heavy atom. The second-order valence-electron chi connectivity index (χ2n) is 6.74. The number of morpholine rings is 1. The number of benzene rings is 1. The van der Waals surface area contributed by atoms with Crippen molar-refractivity contribution in [3.8, 4) is 0 Å². The maximum atomic E-state index is 12.9. The molecule has 0 saturated carbocycles. The first-order valence-corrected chi connectivity index (χ1v) is 11.1. The van der Waals surface area contributed by atoms with Crippen molar-refractivity contribution >= 4 is 33.4 Å². The average molecular weight is 430 g/mol. The summed E-state index contributed by atoms with van der Waals surface area (Å²) >= 11 is 6.06. The molecule has 2 fully saturated rings. The van der Waals surface area contributed by atoms with Gasteiger partial charge in [-0.2, -0.15) is 4.31 Å². The molecular weight excluding hydrogens is 406 g/mol. The molecule has 1 atom stereocenters. The minimum Gasteiger partial charge on any atom is -0.366 e. The van der Waals surface area contributed by atoms with Crippen LogP contribution in [0.25, 0.3) is 0 Å². The first-order valence-electron chi connectivity index (χ1n) is 9.27. The van der Waals surface area contributed by atoms with Gasteiger partial charge in [0, 0.05) is 32.7 Å². The molecule has 10 heteroatoms. The molecule has 2 saturated heterocycles. The van der Waals surface area contributed by atoms with E-state index in [1.54, 1.807) is 17.0 Å². The van der Waals surface area contributed by atoms with E-state index < -0.39 is 16.1 Å². The van der Waals surface area contributed by atoms with E-state index in [0.29, 0.717) is 26.1 Å². The fourth-order valence-corrected chi connectivity index (χ4v) is 5.35. The number of carbonyl (C=O) groups excluding carboxylic acids is 2. The Labute approximate surface area is 170 Å². The smallest absolute Gasteiger partial charge is 0.253 e. The van der Waals surface area contributed by atoms with Gasteiger partial charge in [0.15, 0.2) is 0 Å². The number of halogens is 1. The van der Waals surface area contributed by atoms with Crippen molar-refractivity contribution in [1.82, 2.24) is 14.1 Å². The maximum Gasteiger partial charge on any atom is 0.253 e. The first-order chi connectivity index (χ1) is 13.3. The van der Waals surface area contributed by atoms with Crippen LogP contribution in [0.3, 0.4) is 0 Å². The lowest BCUT2D eigenvalue weighted by atomic mass is 10.2. The highest BCUT2D eigenvalue weighted by atomic mass is 35.5. The van der Waals surface area contributed by atoms with Gasteiger partial charge in [0.2, 0.25) is 15.9 Å². The molecule has 1 aromatic rings. The molecular formula is C18H24ClN3O5S. The normalized spacial score (nSPS) is 22.2. The molecule has 2 heterocycles. The summed E-state index contributed by atoms with van der Waals surface area (Å²) in [5.41, 5.74) is 0. The van der Waals surface area contributed by atoms with E-state index in [-0.39, 0.29) is 48.0 Å². The van der Waals surface area contributed by atoms with Gasteiger partial charge in [-0.05, 0) is 25.5 Å². The Morgan fingerprint density at radius 3 is 2.71 bits per heavy atom. The SMILES string of the molecule is CCN1CCCN(C(=O)C2CN(S(=O)(=O)c3ccccc3Cl)CCO2)CC1=O. The molecule has 3 rings (SSSR count). The number of hydrogen-bond donors (Lipinski definition) is 0. The summed E-state index contributed by atoms with van der Waals surface area (Å²) in [6, 6.07) is 6.21. The van der Waals surface area contributed by atoms with Crippen LogP contribution in [0.2, 0.25) is 5.02 Å². The van der Waals surface area contributed by atoms with Crippen LogP contribution in [-0.2, 0) is 24.3 Å². The number of rotatable bonds is 4. The molecule has 8 nitrogen and oxygen atoms in total. The second-order valence-corrected chi connectivity index (χ2v) is 9.05. The Hall–Kier alpha value is -1.68. The largest absolute Gasteiger partial charge is 0.366 e. The highest BCUT2D eigenvalue weighted by Crippen LogP contribution is 2.26. The lowest BCUT2D eigenvalue weighted by Crippen LogP contribution is -2.53. The highest BCUT2D eigenvalue weighted by Gasteiger charge is 2.37. The summed E-state index contributed by atoms with van der Waals surface area (Å²) in [5.74, 6) is -0.463. The Bertz CT molecular complexity index is 847. The van der Waals surface area contributed by atoms with Crippen LogP contribution in [0.5, 0.6) is 0 Å². The molecule has 0 spiro atoms. The number of likely N-dealkylation sites (N-methyl/N-ethyl adjacent to an activating group) is 1. The third-order valence-corrected chi connectivity index (χ3v) is 7.35. The molecule has 0 aliphatic carbocycles. The number of carbonyl (C=O) groups is 2. The minimum absolute atomic E-state index is 0.00769. The molecule has 0 aromatic heterocycles. The van der Waals surface area contributed by atoms with E-state index >= 15 is 0 Å². The van der Waals surface area contributed by atoms with Gasteiger partial charge in [-0.3, -0.25) is 9.59 Å². The van der Waals surface area contributed by atoms with Crippen LogP contribution >= 0.6 is 11.6 Å². The second kappa shape index (κ2) is 8.77. The average Bonchev–Trinajstić information content (AvgIpc) is 2.88. The van der Waals surface area contributed by atoms with E-state index in [4.69, 9.17) is 16.3 Å². The van der Waals surface area contributed by atoms with Crippen molar-refractivity contribution in [3.05, 3.63) is 29.3 Å².